The number of carbonyl (C=O) groups is 3. The molecule has 0 saturated heterocycles. The molecule has 0 bridgehead atoms. The molecule has 3 rings (SSSR count). The molecule has 9 heteroatoms. The number of aryl methyl sites for hydroxylation is 1. The Labute approximate surface area is 207 Å². The summed E-state index contributed by atoms with van der Waals surface area (Å²) in [4.78, 5) is 38.3. The smallest absolute Gasteiger partial charge is 0.319 e. The fourth-order valence-electron chi connectivity index (χ4n) is 3.70. The van der Waals surface area contributed by atoms with Crippen LogP contribution in [0.5, 0.6) is 0 Å². The summed E-state index contributed by atoms with van der Waals surface area (Å²) in [6.07, 6.45) is 0. The van der Waals surface area contributed by atoms with Crippen LogP contribution in [0.4, 0.5) is 5.69 Å². The lowest BCUT2D eigenvalue weighted by Crippen LogP contribution is -2.44. The number of esters is 1. The van der Waals surface area contributed by atoms with Crippen LogP contribution >= 0.6 is 23.4 Å². The Morgan fingerprint density at radius 3 is 2.62 bits per heavy atom. The summed E-state index contributed by atoms with van der Waals surface area (Å²) in [5.41, 5.74) is 3.32. The lowest BCUT2D eigenvalue weighted by atomic mass is 9.78. The predicted molar refractivity (Wildman–Crippen MR) is 132 cm³/mol. The molecule has 7 nitrogen and oxygen atoms in total. The van der Waals surface area contributed by atoms with Gasteiger partial charge in [0.2, 0.25) is 11.8 Å². The average molecular weight is 498 g/mol. The number of halogens is 1. The molecule has 176 valence electrons. The van der Waals surface area contributed by atoms with E-state index in [1.54, 1.807) is 31.2 Å². The van der Waals surface area contributed by atoms with Gasteiger partial charge in [-0.25, -0.2) is 0 Å². The topological polar surface area (TPSA) is 108 Å². The number of anilines is 1. The van der Waals surface area contributed by atoms with Gasteiger partial charge in [0.25, 0.3) is 0 Å². The van der Waals surface area contributed by atoms with Crippen molar-refractivity contribution in [2.45, 2.75) is 26.7 Å². The van der Waals surface area contributed by atoms with Crippen LogP contribution in [0.3, 0.4) is 0 Å². The second kappa shape index (κ2) is 11.2. The van der Waals surface area contributed by atoms with Crippen molar-refractivity contribution in [3.05, 3.63) is 74.8 Å². The van der Waals surface area contributed by atoms with E-state index in [9.17, 15) is 19.6 Å². The normalized spacial score (nSPS) is 17.6. The van der Waals surface area contributed by atoms with E-state index in [2.05, 4.69) is 16.7 Å². The highest BCUT2D eigenvalue weighted by Crippen LogP contribution is 2.42. The van der Waals surface area contributed by atoms with E-state index in [4.69, 9.17) is 16.3 Å². The van der Waals surface area contributed by atoms with Crippen molar-refractivity contribution in [2.75, 3.05) is 17.7 Å². The number of hydrogen-bond donors (Lipinski definition) is 2. The van der Waals surface area contributed by atoms with Crippen LogP contribution in [0.25, 0.3) is 0 Å². The maximum absolute atomic E-state index is 13.0. The molecule has 1 aliphatic heterocycles. The molecular formula is C25H24ClN3O4S. The first-order chi connectivity index (χ1) is 16.3. The molecule has 0 radical (unpaired) electrons. The van der Waals surface area contributed by atoms with Crippen LogP contribution in [0.2, 0.25) is 5.02 Å². The number of thioether (sulfide) groups is 1. The number of nitriles is 1. The van der Waals surface area contributed by atoms with Gasteiger partial charge in [-0.2, -0.15) is 5.26 Å². The second-order valence-corrected chi connectivity index (χ2v) is 9.05. The van der Waals surface area contributed by atoms with E-state index in [-0.39, 0.29) is 28.9 Å². The molecule has 1 heterocycles. The summed E-state index contributed by atoms with van der Waals surface area (Å²) in [5, 5.41) is 16.0. The lowest BCUT2D eigenvalue weighted by Gasteiger charge is -2.31. The Kier molecular flexibility index (Phi) is 8.37. The van der Waals surface area contributed by atoms with Crippen molar-refractivity contribution in [2.24, 2.45) is 5.92 Å². The summed E-state index contributed by atoms with van der Waals surface area (Å²) in [6.45, 7) is 5.60. The van der Waals surface area contributed by atoms with Crippen molar-refractivity contribution < 1.29 is 19.1 Å². The number of rotatable bonds is 7. The van der Waals surface area contributed by atoms with Crippen molar-refractivity contribution in [3.63, 3.8) is 0 Å². The Hall–Kier alpha value is -3.28. The Balaban J connectivity index is 1.92. The molecule has 0 spiro atoms. The summed E-state index contributed by atoms with van der Waals surface area (Å²) < 4.78 is 5.11. The van der Waals surface area contributed by atoms with E-state index in [0.29, 0.717) is 16.3 Å². The largest absolute Gasteiger partial charge is 0.465 e. The van der Waals surface area contributed by atoms with E-state index in [0.717, 1.165) is 22.9 Å². The van der Waals surface area contributed by atoms with Gasteiger partial charge in [-0.3, -0.25) is 14.4 Å². The molecule has 0 unspecified atom stereocenters. The van der Waals surface area contributed by atoms with Gasteiger partial charge in [0, 0.05) is 16.6 Å². The van der Waals surface area contributed by atoms with E-state index >= 15 is 0 Å². The van der Waals surface area contributed by atoms with Gasteiger partial charge in [-0.15, -0.1) is 0 Å². The highest BCUT2D eigenvalue weighted by atomic mass is 35.5. The summed E-state index contributed by atoms with van der Waals surface area (Å²) in [7, 11) is 0. The number of allylic oxidation sites excluding steroid dienone is 1. The third-order valence-electron chi connectivity index (χ3n) is 5.54. The van der Waals surface area contributed by atoms with E-state index < -0.39 is 23.7 Å². The molecule has 2 N–H and O–H groups in total. The third kappa shape index (κ3) is 5.44. The molecule has 2 atom stereocenters. The lowest BCUT2D eigenvalue weighted by molar-refractivity contribution is -0.152. The summed E-state index contributed by atoms with van der Waals surface area (Å²) in [6, 6.07) is 14.5. The number of nitrogens with one attached hydrogen (secondary N) is 2. The first-order valence-corrected chi connectivity index (χ1v) is 12.0. The molecule has 2 aromatic rings. The maximum atomic E-state index is 13.0. The number of benzene rings is 2. The third-order valence-corrected chi connectivity index (χ3v) is 6.90. The zero-order chi connectivity index (χ0) is 24.8. The number of hydrogen-bond acceptors (Lipinski definition) is 6. The van der Waals surface area contributed by atoms with Gasteiger partial charge in [0.05, 0.1) is 29.0 Å². The van der Waals surface area contributed by atoms with Gasteiger partial charge >= 0.3 is 5.97 Å². The fraction of sp³-hybridized carbons (Fsp3) is 0.280. The number of carbonyl (C=O) groups excluding carboxylic acids is 3. The average Bonchev–Trinajstić information content (AvgIpc) is 2.80. The van der Waals surface area contributed by atoms with Crippen molar-refractivity contribution in [1.82, 2.24) is 5.32 Å². The van der Waals surface area contributed by atoms with Crippen LogP contribution in [0.15, 0.2) is 53.1 Å². The van der Waals surface area contributed by atoms with Crippen LogP contribution in [0.1, 0.15) is 29.5 Å². The minimum Gasteiger partial charge on any atom is -0.465 e. The SMILES string of the molecule is CCOC(=O)[C@H]1C(=O)NC(SCC(=O)Nc2cccc(C)c2C)=C(C#N)[C@H]1c1ccccc1Cl. The van der Waals surface area contributed by atoms with Gasteiger partial charge in [-0.05, 0) is 49.6 Å². The van der Waals surface area contributed by atoms with Gasteiger partial charge < -0.3 is 15.4 Å². The van der Waals surface area contributed by atoms with Crippen LogP contribution < -0.4 is 10.6 Å². The molecule has 2 amide bonds. The second-order valence-electron chi connectivity index (χ2n) is 7.66. The van der Waals surface area contributed by atoms with E-state index in [1.807, 2.05) is 32.0 Å². The summed E-state index contributed by atoms with van der Waals surface area (Å²) in [5.74, 6) is -3.90. The van der Waals surface area contributed by atoms with Gasteiger partial charge in [0.15, 0.2) is 0 Å². The highest BCUT2D eigenvalue weighted by Gasteiger charge is 2.45. The molecule has 0 saturated carbocycles. The molecule has 34 heavy (non-hydrogen) atoms. The van der Waals surface area contributed by atoms with Crippen LogP contribution in [-0.2, 0) is 19.1 Å². The molecule has 0 fully saturated rings. The monoisotopic (exact) mass is 497 g/mol. The quantitative estimate of drug-likeness (QED) is 0.432. The highest BCUT2D eigenvalue weighted by molar-refractivity contribution is 8.03. The molecule has 0 aliphatic carbocycles. The predicted octanol–water partition coefficient (Wildman–Crippen LogP) is 4.46. The van der Waals surface area contributed by atoms with E-state index in [1.165, 1.54) is 0 Å². The summed E-state index contributed by atoms with van der Waals surface area (Å²) >= 11 is 7.40. The first kappa shape index (κ1) is 25.3. The van der Waals surface area contributed by atoms with Gasteiger partial charge in [0.1, 0.15) is 5.92 Å². The zero-order valence-corrected chi connectivity index (χ0v) is 20.5. The standard InChI is InChI=1S/C25H24ClN3O4S/c1-4-33-25(32)22-21(16-9-5-6-10-18(16)26)17(12-27)24(29-23(22)31)34-13-20(30)28-19-11-7-8-14(2)15(19)3/h5-11,21-22H,4,13H2,1-3H3,(H,28,30)(H,29,31)/t21-,22-/m1/s1. The number of nitrogens with zero attached hydrogens (tertiary/aromatic N) is 1. The Morgan fingerprint density at radius 1 is 1.21 bits per heavy atom. The van der Waals surface area contributed by atoms with Gasteiger partial charge in [-0.1, -0.05) is 53.7 Å². The molecule has 2 aromatic carbocycles. The minimum absolute atomic E-state index is 0.0481. The first-order valence-electron chi connectivity index (χ1n) is 10.6. The van der Waals surface area contributed by atoms with Crippen LogP contribution in [0, 0.1) is 31.1 Å². The Bertz CT molecular complexity index is 1200. The van der Waals surface area contributed by atoms with Crippen molar-refractivity contribution >= 4 is 46.8 Å². The minimum atomic E-state index is -1.28. The molecule has 1 aliphatic rings. The molecular weight excluding hydrogens is 474 g/mol. The maximum Gasteiger partial charge on any atom is 0.319 e. The fourth-order valence-corrected chi connectivity index (χ4v) is 4.80. The van der Waals surface area contributed by atoms with Crippen molar-refractivity contribution in [3.8, 4) is 6.07 Å². The molecule has 0 aromatic heterocycles. The van der Waals surface area contributed by atoms with Crippen molar-refractivity contribution in [1.29, 1.82) is 5.26 Å². The Morgan fingerprint density at radius 2 is 1.94 bits per heavy atom. The van der Waals surface area contributed by atoms with Crippen LogP contribution in [-0.4, -0.2) is 30.1 Å². The number of ether oxygens (including phenoxy) is 1. The zero-order valence-electron chi connectivity index (χ0n) is 19.0. The number of amides is 2.